The molecule has 0 aliphatic heterocycles. The van der Waals surface area contributed by atoms with E-state index in [4.69, 9.17) is 4.74 Å². The predicted molar refractivity (Wildman–Crippen MR) is 88.6 cm³/mol. The number of rotatable bonds is 2. The number of fused-ring (bicyclic) bond motifs is 1. The molecule has 3 aromatic rings. The van der Waals surface area contributed by atoms with Crippen LogP contribution in [0, 0.1) is 9.39 Å². The van der Waals surface area contributed by atoms with Gasteiger partial charge in [0.25, 0.3) is 0 Å². The van der Waals surface area contributed by atoms with Gasteiger partial charge in [-0.2, -0.15) is 0 Å². The molecule has 0 aliphatic rings. The predicted octanol–water partition coefficient (Wildman–Crippen LogP) is 5.26. The summed E-state index contributed by atoms with van der Waals surface area (Å²) in [7, 11) is 1.61. The standard InChI is InChI=1S/C17H12FIO/c1-20-16-10-12-6-3-2-5-11(12)9-13(16)17-14(18)7-4-8-15(17)19/h2-10H,1H3. The first-order chi connectivity index (χ1) is 9.70. The highest BCUT2D eigenvalue weighted by Crippen LogP contribution is 2.37. The van der Waals surface area contributed by atoms with Crippen LogP contribution in [0.2, 0.25) is 0 Å². The molecular weight excluding hydrogens is 366 g/mol. The van der Waals surface area contributed by atoms with E-state index in [1.807, 2.05) is 42.5 Å². The first-order valence-electron chi connectivity index (χ1n) is 6.22. The second-order valence-corrected chi connectivity index (χ2v) is 5.66. The van der Waals surface area contributed by atoms with Gasteiger partial charge in [-0.05, 0) is 57.6 Å². The van der Waals surface area contributed by atoms with Crippen LogP contribution in [-0.2, 0) is 0 Å². The molecule has 100 valence electrons. The summed E-state index contributed by atoms with van der Waals surface area (Å²) in [6, 6.07) is 17.0. The molecule has 0 spiro atoms. The number of hydrogen-bond donors (Lipinski definition) is 0. The molecule has 3 aromatic carbocycles. The van der Waals surface area contributed by atoms with Crippen molar-refractivity contribution >= 4 is 33.4 Å². The van der Waals surface area contributed by atoms with E-state index in [0.29, 0.717) is 11.3 Å². The fourth-order valence-corrected chi connectivity index (χ4v) is 3.09. The van der Waals surface area contributed by atoms with Crippen molar-refractivity contribution in [2.45, 2.75) is 0 Å². The van der Waals surface area contributed by atoms with Crippen LogP contribution < -0.4 is 4.74 Å². The Bertz CT molecular complexity index is 763. The second kappa shape index (κ2) is 5.40. The van der Waals surface area contributed by atoms with Crippen molar-refractivity contribution in [3.63, 3.8) is 0 Å². The number of halogens is 2. The van der Waals surface area contributed by atoms with E-state index in [9.17, 15) is 4.39 Å². The zero-order chi connectivity index (χ0) is 14.1. The third-order valence-corrected chi connectivity index (χ3v) is 4.20. The Labute approximate surface area is 130 Å². The van der Waals surface area contributed by atoms with Gasteiger partial charge < -0.3 is 4.74 Å². The van der Waals surface area contributed by atoms with Crippen LogP contribution in [0.25, 0.3) is 21.9 Å². The molecule has 0 heterocycles. The lowest BCUT2D eigenvalue weighted by Gasteiger charge is -2.13. The third-order valence-electron chi connectivity index (χ3n) is 3.30. The summed E-state index contributed by atoms with van der Waals surface area (Å²) in [6.45, 7) is 0. The van der Waals surface area contributed by atoms with Crippen molar-refractivity contribution in [2.24, 2.45) is 0 Å². The zero-order valence-electron chi connectivity index (χ0n) is 10.9. The minimum absolute atomic E-state index is 0.231. The van der Waals surface area contributed by atoms with Gasteiger partial charge in [-0.25, -0.2) is 4.39 Å². The molecule has 0 saturated heterocycles. The Morgan fingerprint density at radius 2 is 1.65 bits per heavy atom. The fourth-order valence-electron chi connectivity index (χ4n) is 2.34. The molecule has 0 saturated carbocycles. The average molecular weight is 378 g/mol. The van der Waals surface area contributed by atoms with Crippen LogP contribution >= 0.6 is 22.6 Å². The van der Waals surface area contributed by atoms with Crippen molar-refractivity contribution in [1.82, 2.24) is 0 Å². The van der Waals surface area contributed by atoms with E-state index in [-0.39, 0.29) is 5.82 Å². The van der Waals surface area contributed by atoms with Crippen LogP contribution in [0.15, 0.2) is 54.6 Å². The van der Waals surface area contributed by atoms with Crippen LogP contribution in [0.3, 0.4) is 0 Å². The highest BCUT2D eigenvalue weighted by atomic mass is 127. The lowest BCUT2D eigenvalue weighted by atomic mass is 9.99. The van der Waals surface area contributed by atoms with Crippen molar-refractivity contribution in [3.8, 4) is 16.9 Å². The number of hydrogen-bond acceptors (Lipinski definition) is 1. The van der Waals surface area contributed by atoms with Crippen LogP contribution in [0.1, 0.15) is 0 Å². The first kappa shape index (κ1) is 13.4. The molecule has 0 N–H and O–H groups in total. The summed E-state index contributed by atoms with van der Waals surface area (Å²) in [5.74, 6) is 0.456. The Balaban J connectivity index is 2.35. The van der Waals surface area contributed by atoms with Gasteiger partial charge in [-0.1, -0.05) is 30.3 Å². The number of methoxy groups -OCH3 is 1. The largest absolute Gasteiger partial charge is 0.496 e. The van der Waals surface area contributed by atoms with E-state index >= 15 is 0 Å². The highest BCUT2D eigenvalue weighted by molar-refractivity contribution is 14.1. The summed E-state index contributed by atoms with van der Waals surface area (Å²) < 4.78 is 20.5. The molecule has 0 radical (unpaired) electrons. The maximum atomic E-state index is 14.2. The summed E-state index contributed by atoms with van der Waals surface area (Å²) in [5, 5.41) is 2.15. The SMILES string of the molecule is COc1cc2ccccc2cc1-c1c(F)cccc1I. The minimum atomic E-state index is -0.231. The average Bonchev–Trinajstić information content (AvgIpc) is 2.46. The minimum Gasteiger partial charge on any atom is -0.496 e. The normalized spacial score (nSPS) is 10.8. The van der Waals surface area contributed by atoms with Gasteiger partial charge in [-0.15, -0.1) is 0 Å². The summed E-state index contributed by atoms with van der Waals surface area (Å²) in [5.41, 5.74) is 1.38. The fraction of sp³-hybridized carbons (Fsp3) is 0.0588. The van der Waals surface area contributed by atoms with Gasteiger partial charge >= 0.3 is 0 Å². The first-order valence-corrected chi connectivity index (χ1v) is 7.30. The van der Waals surface area contributed by atoms with Gasteiger partial charge in [0.1, 0.15) is 11.6 Å². The van der Waals surface area contributed by atoms with Crippen molar-refractivity contribution in [3.05, 3.63) is 64.0 Å². The summed E-state index contributed by atoms with van der Waals surface area (Å²) in [4.78, 5) is 0. The lowest BCUT2D eigenvalue weighted by Crippen LogP contribution is -1.93. The van der Waals surface area contributed by atoms with Crippen molar-refractivity contribution in [2.75, 3.05) is 7.11 Å². The van der Waals surface area contributed by atoms with Crippen LogP contribution in [-0.4, -0.2) is 7.11 Å². The molecule has 20 heavy (non-hydrogen) atoms. The molecule has 0 fully saturated rings. The molecule has 0 atom stereocenters. The van der Waals surface area contributed by atoms with E-state index in [0.717, 1.165) is 19.9 Å². The highest BCUT2D eigenvalue weighted by Gasteiger charge is 2.14. The Morgan fingerprint density at radius 3 is 2.30 bits per heavy atom. The maximum absolute atomic E-state index is 14.2. The Morgan fingerprint density at radius 1 is 0.950 bits per heavy atom. The van der Waals surface area contributed by atoms with Crippen molar-refractivity contribution in [1.29, 1.82) is 0 Å². The molecule has 0 aliphatic carbocycles. The van der Waals surface area contributed by atoms with Gasteiger partial charge in [-0.3, -0.25) is 0 Å². The maximum Gasteiger partial charge on any atom is 0.132 e. The summed E-state index contributed by atoms with van der Waals surface area (Å²) in [6.07, 6.45) is 0. The van der Waals surface area contributed by atoms with E-state index in [1.165, 1.54) is 6.07 Å². The monoisotopic (exact) mass is 378 g/mol. The van der Waals surface area contributed by atoms with Gasteiger partial charge in [0, 0.05) is 14.7 Å². The molecule has 3 rings (SSSR count). The molecule has 0 bridgehead atoms. The molecule has 1 nitrogen and oxygen atoms in total. The quantitative estimate of drug-likeness (QED) is 0.553. The number of benzene rings is 3. The number of ether oxygens (including phenoxy) is 1. The van der Waals surface area contributed by atoms with Crippen LogP contribution in [0.4, 0.5) is 4.39 Å². The summed E-state index contributed by atoms with van der Waals surface area (Å²) >= 11 is 2.15. The van der Waals surface area contributed by atoms with E-state index in [2.05, 4.69) is 22.6 Å². The molecule has 3 heteroatoms. The van der Waals surface area contributed by atoms with E-state index < -0.39 is 0 Å². The van der Waals surface area contributed by atoms with E-state index in [1.54, 1.807) is 13.2 Å². The smallest absolute Gasteiger partial charge is 0.132 e. The van der Waals surface area contributed by atoms with Crippen LogP contribution in [0.5, 0.6) is 5.75 Å². The van der Waals surface area contributed by atoms with Gasteiger partial charge in [0.05, 0.1) is 7.11 Å². The molecule has 0 unspecified atom stereocenters. The Kier molecular flexibility index (Phi) is 3.61. The van der Waals surface area contributed by atoms with Gasteiger partial charge in [0.15, 0.2) is 0 Å². The zero-order valence-corrected chi connectivity index (χ0v) is 13.0. The molecule has 0 amide bonds. The topological polar surface area (TPSA) is 9.23 Å². The Hall–Kier alpha value is -1.62. The second-order valence-electron chi connectivity index (χ2n) is 4.50. The van der Waals surface area contributed by atoms with Gasteiger partial charge in [0.2, 0.25) is 0 Å². The third kappa shape index (κ3) is 2.26. The molecular formula is C17H12FIO. The van der Waals surface area contributed by atoms with Crippen molar-refractivity contribution < 1.29 is 9.13 Å². The lowest BCUT2D eigenvalue weighted by molar-refractivity contribution is 0.416. The molecule has 0 aromatic heterocycles.